The van der Waals surface area contributed by atoms with Crippen molar-refractivity contribution in [1.82, 2.24) is 9.88 Å². The molecule has 1 aromatic heterocycles. The number of aromatic nitrogens is 1. The lowest BCUT2D eigenvalue weighted by molar-refractivity contribution is 0.0972. The van der Waals surface area contributed by atoms with Crippen molar-refractivity contribution >= 4 is 5.82 Å². The van der Waals surface area contributed by atoms with Crippen molar-refractivity contribution in [3.8, 4) is 0 Å². The minimum absolute atomic E-state index is 0.231. The van der Waals surface area contributed by atoms with Gasteiger partial charge in [-0.1, -0.05) is 30.3 Å². The number of anilines is 1. The fraction of sp³-hybridized carbons (Fsp3) is 0.389. The van der Waals surface area contributed by atoms with Gasteiger partial charge in [0.2, 0.25) is 0 Å². The van der Waals surface area contributed by atoms with Crippen LogP contribution in [0.15, 0.2) is 48.7 Å². The van der Waals surface area contributed by atoms with E-state index >= 15 is 0 Å². The Bertz CT molecular complexity index is 602. The Balaban J connectivity index is 1.67. The maximum Gasteiger partial charge on any atom is 0.123 e. The molecule has 3 rings (SSSR count). The van der Waals surface area contributed by atoms with Gasteiger partial charge in [-0.3, -0.25) is 4.90 Å². The van der Waals surface area contributed by atoms with Crippen molar-refractivity contribution in [2.45, 2.75) is 18.9 Å². The van der Waals surface area contributed by atoms with Crippen LogP contribution in [0.2, 0.25) is 0 Å². The molecule has 1 saturated heterocycles. The Morgan fingerprint density at radius 1 is 1.23 bits per heavy atom. The molecule has 0 spiro atoms. The molecule has 0 unspecified atom stereocenters. The van der Waals surface area contributed by atoms with Crippen LogP contribution in [0.1, 0.15) is 23.5 Å². The van der Waals surface area contributed by atoms with Gasteiger partial charge >= 0.3 is 0 Å². The normalized spacial score (nSPS) is 22.6. The van der Waals surface area contributed by atoms with Gasteiger partial charge in [-0.25, -0.2) is 4.98 Å². The highest BCUT2D eigenvalue weighted by Gasteiger charge is 2.29. The largest absolute Gasteiger partial charge is 0.396 e. The molecule has 0 saturated carbocycles. The first-order valence-corrected chi connectivity index (χ1v) is 7.85. The van der Waals surface area contributed by atoms with Crippen molar-refractivity contribution < 1.29 is 5.11 Å². The SMILES string of the molecule is Nc1cc(CN2CC[C@@H](c3ccccc3)[C@@H](CO)C2)ccn1. The van der Waals surface area contributed by atoms with Gasteiger partial charge in [-0.15, -0.1) is 0 Å². The summed E-state index contributed by atoms with van der Waals surface area (Å²) in [6.07, 6.45) is 2.83. The van der Waals surface area contributed by atoms with E-state index in [1.54, 1.807) is 6.20 Å². The molecule has 2 aromatic rings. The molecule has 0 radical (unpaired) electrons. The predicted octanol–water partition coefficient (Wildman–Crippen LogP) is 2.26. The zero-order valence-corrected chi connectivity index (χ0v) is 12.7. The first kappa shape index (κ1) is 15.0. The van der Waals surface area contributed by atoms with E-state index < -0.39 is 0 Å². The van der Waals surface area contributed by atoms with Gasteiger partial charge < -0.3 is 10.8 Å². The molecule has 2 heterocycles. The number of piperidine rings is 1. The van der Waals surface area contributed by atoms with Gasteiger partial charge in [-0.2, -0.15) is 0 Å². The van der Waals surface area contributed by atoms with E-state index in [4.69, 9.17) is 5.73 Å². The Labute approximate surface area is 131 Å². The lowest BCUT2D eigenvalue weighted by atomic mass is 9.81. The van der Waals surface area contributed by atoms with Gasteiger partial charge in [0.05, 0.1) is 0 Å². The minimum atomic E-state index is 0.231. The van der Waals surface area contributed by atoms with Crippen LogP contribution in [0.3, 0.4) is 0 Å². The third-order valence-corrected chi connectivity index (χ3v) is 4.53. The van der Waals surface area contributed by atoms with Crippen molar-refractivity contribution in [2.75, 3.05) is 25.4 Å². The Hall–Kier alpha value is -1.91. The van der Waals surface area contributed by atoms with Gasteiger partial charge in [-0.05, 0) is 42.1 Å². The van der Waals surface area contributed by atoms with E-state index in [9.17, 15) is 5.11 Å². The Kier molecular flexibility index (Phi) is 4.71. The number of nitrogens with two attached hydrogens (primary N) is 1. The zero-order valence-electron chi connectivity index (χ0n) is 12.7. The van der Waals surface area contributed by atoms with Crippen LogP contribution in [0, 0.1) is 5.92 Å². The second-order valence-corrected chi connectivity index (χ2v) is 6.07. The number of aliphatic hydroxyl groups is 1. The van der Waals surface area contributed by atoms with E-state index in [1.165, 1.54) is 11.1 Å². The number of nitrogen functional groups attached to an aromatic ring is 1. The summed E-state index contributed by atoms with van der Waals surface area (Å²) < 4.78 is 0. The highest BCUT2D eigenvalue weighted by atomic mass is 16.3. The molecule has 116 valence electrons. The second-order valence-electron chi connectivity index (χ2n) is 6.07. The fourth-order valence-electron chi connectivity index (χ4n) is 3.43. The van der Waals surface area contributed by atoms with Crippen LogP contribution in [0.5, 0.6) is 0 Å². The van der Waals surface area contributed by atoms with E-state index in [-0.39, 0.29) is 12.5 Å². The van der Waals surface area contributed by atoms with Gasteiger partial charge in [0.15, 0.2) is 0 Å². The molecule has 2 atom stereocenters. The summed E-state index contributed by atoms with van der Waals surface area (Å²) in [6.45, 7) is 3.05. The number of hydrogen-bond acceptors (Lipinski definition) is 4. The third kappa shape index (κ3) is 3.46. The van der Waals surface area contributed by atoms with Crippen molar-refractivity contribution in [1.29, 1.82) is 0 Å². The van der Waals surface area contributed by atoms with Crippen LogP contribution < -0.4 is 5.73 Å². The van der Waals surface area contributed by atoms with E-state index in [0.717, 1.165) is 26.1 Å². The summed E-state index contributed by atoms with van der Waals surface area (Å²) in [5, 5.41) is 9.79. The monoisotopic (exact) mass is 297 g/mol. The molecule has 1 fully saturated rings. The third-order valence-electron chi connectivity index (χ3n) is 4.53. The average Bonchev–Trinajstić information content (AvgIpc) is 2.55. The van der Waals surface area contributed by atoms with Crippen LogP contribution in [-0.2, 0) is 6.54 Å². The number of likely N-dealkylation sites (tertiary alicyclic amines) is 1. The van der Waals surface area contributed by atoms with Gasteiger partial charge in [0, 0.05) is 31.8 Å². The van der Waals surface area contributed by atoms with Crippen molar-refractivity contribution in [2.24, 2.45) is 5.92 Å². The maximum absolute atomic E-state index is 9.79. The molecule has 0 bridgehead atoms. The van der Waals surface area contributed by atoms with Gasteiger partial charge in [0.1, 0.15) is 5.82 Å². The van der Waals surface area contributed by atoms with Crippen LogP contribution >= 0.6 is 0 Å². The first-order valence-electron chi connectivity index (χ1n) is 7.85. The van der Waals surface area contributed by atoms with E-state index in [2.05, 4.69) is 34.1 Å². The molecule has 1 aliphatic heterocycles. The standard InChI is InChI=1S/C18H23N3O/c19-18-10-14(6-8-20-18)11-21-9-7-17(16(12-21)13-22)15-4-2-1-3-5-15/h1-6,8,10,16-17,22H,7,9,11-13H2,(H2,19,20)/t16-,17+/m1/s1. The van der Waals surface area contributed by atoms with Gasteiger partial charge in [0.25, 0.3) is 0 Å². The maximum atomic E-state index is 9.79. The number of hydrogen-bond donors (Lipinski definition) is 2. The minimum Gasteiger partial charge on any atom is -0.396 e. The summed E-state index contributed by atoms with van der Waals surface area (Å²) in [6, 6.07) is 14.5. The lowest BCUT2D eigenvalue weighted by Gasteiger charge is -2.38. The molecule has 4 heteroatoms. The molecule has 4 nitrogen and oxygen atoms in total. The zero-order chi connectivity index (χ0) is 15.4. The summed E-state index contributed by atoms with van der Waals surface area (Å²) in [7, 11) is 0. The number of benzene rings is 1. The smallest absolute Gasteiger partial charge is 0.123 e. The molecule has 1 aliphatic rings. The summed E-state index contributed by atoms with van der Waals surface area (Å²) in [5.74, 6) is 1.30. The molecule has 22 heavy (non-hydrogen) atoms. The second kappa shape index (κ2) is 6.90. The van der Waals surface area contributed by atoms with E-state index in [1.807, 2.05) is 18.2 Å². The summed E-state index contributed by atoms with van der Waals surface area (Å²) in [5.41, 5.74) is 8.27. The predicted molar refractivity (Wildman–Crippen MR) is 88.3 cm³/mol. The lowest BCUT2D eigenvalue weighted by Crippen LogP contribution is -2.40. The highest BCUT2D eigenvalue weighted by Crippen LogP contribution is 2.33. The average molecular weight is 297 g/mol. The molecule has 1 aromatic carbocycles. The Morgan fingerprint density at radius 3 is 2.77 bits per heavy atom. The quantitative estimate of drug-likeness (QED) is 0.908. The number of pyridine rings is 1. The number of aliphatic hydroxyl groups excluding tert-OH is 1. The molecular weight excluding hydrogens is 274 g/mol. The Morgan fingerprint density at radius 2 is 2.05 bits per heavy atom. The molecular formula is C18H23N3O. The van der Waals surface area contributed by atoms with E-state index in [0.29, 0.717) is 11.7 Å². The first-order chi connectivity index (χ1) is 10.8. The van der Waals surface area contributed by atoms with Crippen LogP contribution in [-0.4, -0.2) is 34.7 Å². The molecule has 0 amide bonds. The molecule has 0 aliphatic carbocycles. The number of rotatable bonds is 4. The summed E-state index contributed by atoms with van der Waals surface area (Å²) >= 11 is 0. The fourth-order valence-corrected chi connectivity index (χ4v) is 3.43. The summed E-state index contributed by atoms with van der Waals surface area (Å²) in [4.78, 5) is 6.43. The van der Waals surface area contributed by atoms with Crippen molar-refractivity contribution in [3.63, 3.8) is 0 Å². The van der Waals surface area contributed by atoms with Crippen LogP contribution in [0.25, 0.3) is 0 Å². The molecule has 3 N–H and O–H groups in total. The van der Waals surface area contributed by atoms with Crippen LogP contribution in [0.4, 0.5) is 5.82 Å². The topological polar surface area (TPSA) is 62.4 Å². The highest BCUT2D eigenvalue weighted by molar-refractivity contribution is 5.31. The van der Waals surface area contributed by atoms with Crippen molar-refractivity contribution in [3.05, 3.63) is 59.8 Å². The number of nitrogens with zero attached hydrogens (tertiary/aromatic N) is 2.